The monoisotopic (exact) mass is 243 g/mol. The molecule has 1 aliphatic rings. The Balaban J connectivity index is 2.41. The summed E-state index contributed by atoms with van der Waals surface area (Å²) in [7, 11) is 0. The molecule has 1 atom stereocenters. The number of amides is 1. The third-order valence-electron chi connectivity index (χ3n) is 3.05. The molecule has 0 aliphatic carbocycles. The van der Waals surface area contributed by atoms with Crippen LogP contribution in [0, 0.1) is 5.92 Å². The van der Waals surface area contributed by atoms with Crippen LogP contribution in [0.2, 0.25) is 0 Å². The van der Waals surface area contributed by atoms with Crippen LogP contribution in [0.25, 0.3) is 0 Å². The van der Waals surface area contributed by atoms with E-state index in [1.807, 2.05) is 4.90 Å². The molecule has 0 radical (unpaired) electrons. The van der Waals surface area contributed by atoms with Gasteiger partial charge >= 0.3 is 0 Å². The Hall–Kier alpha value is -0.680. The van der Waals surface area contributed by atoms with Gasteiger partial charge in [-0.05, 0) is 13.0 Å². The van der Waals surface area contributed by atoms with Crippen LogP contribution < -0.4 is 5.73 Å². The standard InChI is InChI=1S/C11H21N3OS/c1-9(11(12)16)8-13-4-3-5-14(7-6-13)10(2)15/h9H,3-8H2,1-2H3,(H2,12,16). The summed E-state index contributed by atoms with van der Waals surface area (Å²) >= 11 is 4.97. The quantitative estimate of drug-likeness (QED) is 0.732. The molecule has 1 fully saturated rings. The van der Waals surface area contributed by atoms with Gasteiger partial charge in [0.1, 0.15) is 0 Å². The summed E-state index contributed by atoms with van der Waals surface area (Å²) in [5.41, 5.74) is 5.61. The first-order valence-electron chi connectivity index (χ1n) is 5.78. The van der Waals surface area contributed by atoms with Crippen LogP contribution in [-0.4, -0.2) is 53.4 Å². The van der Waals surface area contributed by atoms with Crippen molar-refractivity contribution in [2.45, 2.75) is 20.3 Å². The lowest BCUT2D eigenvalue weighted by Crippen LogP contribution is -2.37. The van der Waals surface area contributed by atoms with Gasteiger partial charge in [0.15, 0.2) is 0 Å². The molecule has 1 aliphatic heterocycles. The van der Waals surface area contributed by atoms with Crippen LogP contribution >= 0.6 is 12.2 Å². The summed E-state index contributed by atoms with van der Waals surface area (Å²) in [4.78, 5) is 16.1. The highest BCUT2D eigenvalue weighted by molar-refractivity contribution is 7.80. The first kappa shape index (κ1) is 13.4. The maximum atomic E-state index is 11.3. The average Bonchev–Trinajstić information content (AvgIpc) is 2.43. The van der Waals surface area contributed by atoms with Crippen LogP contribution in [0.15, 0.2) is 0 Å². The van der Waals surface area contributed by atoms with E-state index < -0.39 is 0 Å². The fourth-order valence-corrected chi connectivity index (χ4v) is 2.02. The molecule has 0 aromatic heterocycles. The Labute approximate surface area is 103 Å². The lowest BCUT2D eigenvalue weighted by Gasteiger charge is -2.23. The Morgan fingerprint density at radius 1 is 1.38 bits per heavy atom. The van der Waals surface area contributed by atoms with Gasteiger partial charge in [-0.1, -0.05) is 19.1 Å². The topological polar surface area (TPSA) is 49.6 Å². The maximum Gasteiger partial charge on any atom is 0.219 e. The first-order chi connectivity index (χ1) is 7.50. The largest absolute Gasteiger partial charge is 0.393 e. The molecule has 1 rings (SSSR count). The van der Waals surface area contributed by atoms with Gasteiger partial charge in [-0.25, -0.2) is 0 Å². The number of nitrogens with zero attached hydrogens (tertiary/aromatic N) is 2. The molecule has 2 N–H and O–H groups in total. The molecule has 0 saturated carbocycles. The minimum Gasteiger partial charge on any atom is -0.393 e. The smallest absolute Gasteiger partial charge is 0.219 e. The van der Waals surface area contributed by atoms with Crippen molar-refractivity contribution >= 4 is 23.1 Å². The number of carbonyl (C=O) groups excluding carboxylic acids is 1. The number of hydrogen-bond donors (Lipinski definition) is 1. The minimum atomic E-state index is 0.171. The van der Waals surface area contributed by atoms with Crippen molar-refractivity contribution < 1.29 is 4.79 Å². The molecule has 0 bridgehead atoms. The maximum absolute atomic E-state index is 11.3. The van der Waals surface area contributed by atoms with Crippen molar-refractivity contribution in [1.29, 1.82) is 0 Å². The van der Waals surface area contributed by atoms with Gasteiger partial charge in [0, 0.05) is 39.0 Å². The molecule has 1 unspecified atom stereocenters. The van der Waals surface area contributed by atoms with E-state index in [2.05, 4.69) is 11.8 Å². The summed E-state index contributed by atoms with van der Waals surface area (Å²) in [6, 6.07) is 0. The van der Waals surface area contributed by atoms with Crippen molar-refractivity contribution in [3.63, 3.8) is 0 Å². The van der Waals surface area contributed by atoms with Crippen LogP contribution in [-0.2, 0) is 4.79 Å². The molecule has 5 heteroatoms. The molecule has 0 spiro atoms. The van der Waals surface area contributed by atoms with Crippen LogP contribution in [0.4, 0.5) is 0 Å². The fourth-order valence-electron chi connectivity index (χ4n) is 1.95. The number of thiocarbonyl (C=S) groups is 1. The molecule has 16 heavy (non-hydrogen) atoms. The predicted molar refractivity (Wildman–Crippen MR) is 69.3 cm³/mol. The van der Waals surface area contributed by atoms with Gasteiger partial charge in [-0.15, -0.1) is 0 Å². The number of rotatable bonds is 3. The molecule has 1 saturated heterocycles. The highest BCUT2D eigenvalue weighted by Gasteiger charge is 2.18. The Morgan fingerprint density at radius 3 is 2.62 bits per heavy atom. The highest BCUT2D eigenvalue weighted by Crippen LogP contribution is 2.07. The van der Waals surface area contributed by atoms with Crippen molar-refractivity contribution in [3.05, 3.63) is 0 Å². The Kier molecular flexibility index (Phi) is 5.15. The molecular weight excluding hydrogens is 222 g/mol. The predicted octanol–water partition coefficient (Wildman–Crippen LogP) is 0.463. The normalized spacial score (nSPS) is 20.2. The van der Waals surface area contributed by atoms with Gasteiger partial charge in [0.25, 0.3) is 0 Å². The van der Waals surface area contributed by atoms with E-state index in [0.717, 1.165) is 39.1 Å². The van der Waals surface area contributed by atoms with E-state index in [1.54, 1.807) is 6.92 Å². The van der Waals surface area contributed by atoms with Crippen LogP contribution in [0.1, 0.15) is 20.3 Å². The molecule has 0 aromatic carbocycles. The highest BCUT2D eigenvalue weighted by atomic mass is 32.1. The minimum absolute atomic E-state index is 0.171. The Bertz CT molecular complexity index is 270. The summed E-state index contributed by atoms with van der Waals surface area (Å²) < 4.78 is 0. The third kappa shape index (κ3) is 4.06. The van der Waals surface area contributed by atoms with E-state index in [-0.39, 0.29) is 11.8 Å². The zero-order valence-corrected chi connectivity index (χ0v) is 10.9. The van der Waals surface area contributed by atoms with Crippen LogP contribution in [0.5, 0.6) is 0 Å². The summed E-state index contributed by atoms with van der Waals surface area (Å²) in [6.07, 6.45) is 1.03. The second-order valence-corrected chi connectivity index (χ2v) is 4.94. The van der Waals surface area contributed by atoms with Gasteiger partial charge in [0.05, 0.1) is 4.99 Å². The van der Waals surface area contributed by atoms with Crippen LogP contribution in [0.3, 0.4) is 0 Å². The average molecular weight is 243 g/mol. The van der Waals surface area contributed by atoms with Gasteiger partial charge in [0.2, 0.25) is 5.91 Å². The van der Waals surface area contributed by atoms with E-state index in [9.17, 15) is 4.79 Å². The second-order valence-electron chi connectivity index (χ2n) is 4.46. The lowest BCUT2D eigenvalue weighted by atomic mass is 10.1. The fraction of sp³-hybridized carbons (Fsp3) is 0.818. The SMILES string of the molecule is CC(=O)N1CCCN(CC(C)C(N)=S)CC1. The number of nitrogens with two attached hydrogens (primary N) is 1. The summed E-state index contributed by atoms with van der Waals surface area (Å²) in [5, 5.41) is 0. The molecule has 92 valence electrons. The first-order valence-corrected chi connectivity index (χ1v) is 6.18. The Morgan fingerprint density at radius 2 is 2.06 bits per heavy atom. The lowest BCUT2D eigenvalue weighted by molar-refractivity contribution is -0.128. The van der Waals surface area contributed by atoms with E-state index in [0.29, 0.717) is 4.99 Å². The molecule has 1 amide bonds. The van der Waals surface area contributed by atoms with Crippen molar-refractivity contribution in [3.8, 4) is 0 Å². The van der Waals surface area contributed by atoms with E-state index in [4.69, 9.17) is 18.0 Å². The summed E-state index contributed by atoms with van der Waals surface area (Å²) in [5.74, 6) is 0.420. The summed E-state index contributed by atoms with van der Waals surface area (Å²) in [6.45, 7) is 8.22. The van der Waals surface area contributed by atoms with Crippen molar-refractivity contribution in [2.24, 2.45) is 11.7 Å². The zero-order chi connectivity index (χ0) is 12.1. The van der Waals surface area contributed by atoms with Gasteiger partial charge in [-0.3, -0.25) is 4.79 Å². The molecular formula is C11H21N3OS. The van der Waals surface area contributed by atoms with Gasteiger partial charge < -0.3 is 15.5 Å². The van der Waals surface area contributed by atoms with Crippen molar-refractivity contribution in [2.75, 3.05) is 32.7 Å². The number of carbonyl (C=O) groups is 1. The van der Waals surface area contributed by atoms with Crippen molar-refractivity contribution in [1.82, 2.24) is 9.80 Å². The molecule has 1 heterocycles. The third-order valence-corrected chi connectivity index (χ3v) is 3.45. The van der Waals surface area contributed by atoms with E-state index >= 15 is 0 Å². The molecule has 0 aromatic rings. The zero-order valence-electron chi connectivity index (χ0n) is 10.1. The van der Waals surface area contributed by atoms with Gasteiger partial charge in [-0.2, -0.15) is 0 Å². The number of hydrogen-bond acceptors (Lipinski definition) is 3. The molecule has 4 nitrogen and oxygen atoms in total. The van der Waals surface area contributed by atoms with E-state index in [1.165, 1.54) is 0 Å². The second kappa shape index (κ2) is 6.15.